The predicted octanol–water partition coefficient (Wildman–Crippen LogP) is 3.27. The van der Waals surface area contributed by atoms with Gasteiger partial charge in [-0.15, -0.1) is 0 Å². The maximum atomic E-state index is 13.5. The van der Waals surface area contributed by atoms with Gasteiger partial charge in [-0.1, -0.05) is 25.5 Å². The first-order valence-corrected chi connectivity index (χ1v) is 5.60. The molecular formula is C13H17FN. The molecule has 0 unspecified atom stereocenters. The monoisotopic (exact) mass is 206 g/mol. The minimum atomic E-state index is -0.106. The van der Waals surface area contributed by atoms with Crippen molar-refractivity contribution < 1.29 is 4.39 Å². The lowest BCUT2D eigenvalue weighted by Crippen LogP contribution is -2.33. The van der Waals surface area contributed by atoms with Crippen molar-refractivity contribution in [3.63, 3.8) is 0 Å². The van der Waals surface area contributed by atoms with Crippen molar-refractivity contribution in [1.82, 2.24) is 0 Å². The van der Waals surface area contributed by atoms with Gasteiger partial charge in [0.1, 0.15) is 5.82 Å². The van der Waals surface area contributed by atoms with E-state index in [1.165, 1.54) is 6.07 Å². The van der Waals surface area contributed by atoms with Crippen LogP contribution in [0.3, 0.4) is 0 Å². The zero-order valence-electron chi connectivity index (χ0n) is 8.95. The van der Waals surface area contributed by atoms with Crippen molar-refractivity contribution in [3.8, 4) is 0 Å². The van der Waals surface area contributed by atoms with E-state index in [2.05, 4.69) is 11.8 Å². The summed E-state index contributed by atoms with van der Waals surface area (Å²) in [5, 5.41) is 0. The van der Waals surface area contributed by atoms with Gasteiger partial charge in [-0.25, -0.2) is 4.39 Å². The minimum Gasteiger partial charge on any atom is -0.369 e. The summed E-state index contributed by atoms with van der Waals surface area (Å²) in [4.78, 5) is 2.14. The summed E-state index contributed by atoms with van der Waals surface area (Å²) in [7, 11) is 0. The second kappa shape index (κ2) is 4.65. The largest absolute Gasteiger partial charge is 0.369 e. The Bertz CT molecular complexity index is 316. The van der Waals surface area contributed by atoms with E-state index in [9.17, 15) is 4.39 Å². The lowest BCUT2D eigenvalue weighted by atomic mass is 9.94. The van der Waals surface area contributed by atoms with E-state index in [-0.39, 0.29) is 5.82 Å². The summed E-state index contributed by atoms with van der Waals surface area (Å²) in [6.07, 6.45) is 3.28. The van der Waals surface area contributed by atoms with Crippen molar-refractivity contribution in [1.29, 1.82) is 0 Å². The normalized spacial score (nSPS) is 18.1. The van der Waals surface area contributed by atoms with Crippen molar-refractivity contribution in [2.45, 2.75) is 19.3 Å². The van der Waals surface area contributed by atoms with Crippen LogP contribution in [0.4, 0.5) is 10.1 Å². The van der Waals surface area contributed by atoms with Crippen LogP contribution in [-0.4, -0.2) is 13.1 Å². The first kappa shape index (κ1) is 10.5. The van der Waals surface area contributed by atoms with Gasteiger partial charge in [0.05, 0.1) is 5.69 Å². The van der Waals surface area contributed by atoms with E-state index in [1.807, 2.05) is 12.1 Å². The van der Waals surface area contributed by atoms with Crippen LogP contribution >= 0.6 is 0 Å². The molecule has 2 rings (SSSR count). The lowest BCUT2D eigenvalue weighted by molar-refractivity contribution is 0.406. The Morgan fingerprint density at radius 1 is 1.27 bits per heavy atom. The van der Waals surface area contributed by atoms with Gasteiger partial charge in [0, 0.05) is 13.1 Å². The summed E-state index contributed by atoms with van der Waals surface area (Å²) >= 11 is 0. The van der Waals surface area contributed by atoms with E-state index < -0.39 is 0 Å². The zero-order chi connectivity index (χ0) is 10.7. The second-order valence-corrected chi connectivity index (χ2v) is 4.17. The molecule has 2 heteroatoms. The van der Waals surface area contributed by atoms with Gasteiger partial charge in [-0.05, 0) is 30.9 Å². The smallest absolute Gasteiger partial charge is 0.146 e. The van der Waals surface area contributed by atoms with Crippen molar-refractivity contribution in [2.75, 3.05) is 18.0 Å². The van der Waals surface area contributed by atoms with Crippen LogP contribution < -0.4 is 4.90 Å². The number of piperidine rings is 1. The fourth-order valence-electron chi connectivity index (χ4n) is 2.17. The van der Waals surface area contributed by atoms with Gasteiger partial charge in [-0.3, -0.25) is 0 Å². The molecule has 15 heavy (non-hydrogen) atoms. The van der Waals surface area contributed by atoms with Gasteiger partial charge in [-0.2, -0.15) is 0 Å². The van der Waals surface area contributed by atoms with Crippen LogP contribution in [0.25, 0.3) is 0 Å². The highest BCUT2D eigenvalue weighted by Crippen LogP contribution is 2.26. The van der Waals surface area contributed by atoms with E-state index in [0.717, 1.165) is 44.0 Å². The molecule has 0 aromatic heterocycles. The van der Waals surface area contributed by atoms with Crippen LogP contribution in [0.5, 0.6) is 0 Å². The van der Waals surface area contributed by atoms with Crippen LogP contribution in [0.15, 0.2) is 24.3 Å². The number of halogens is 1. The molecule has 1 saturated heterocycles. The van der Waals surface area contributed by atoms with Gasteiger partial charge in [0.2, 0.25) is 0 Å². The number of rotatable bonds is 2. The molecule has 0 saturated carbocycles. The third-order valence-electron chi connectivity index (χ3n) is 3.22. The molecule has 0 spiro atoms. The average Bonchev–Trinajstić information content (AvgIpc) is 2.30. The van der Waals surface area contributed by atoms with Crippen LogP contribution in [0.1, 0.15) is 19.3 Å². The van der Waals surface area contributed by atoms with E-state index in [4.69, 9.17) is 0 Å². The highest BCUT2D eigenvalue weighted by Gasteiger charge is 2.19. The number of anilines is 1. The third kappa shape index (κ3) is 2.31. The SMILES string of the molecule is [CH2]CC1CCN(c2ccccc2F)CC1. The Morgan fingerprint density at radius 3 is 2.53 bits per heavy atom. The minimum absolute atomic E-state index is 0.106. The van der Waals surface area contributed by atoms with Gasteiger partial charge in [0.25, 0.3) is 0 Å². The van der Waals surface area contributed by atoms with Crippen molar-refractivity contribution in [2.24, 2.45) is 5.92 Å². The molecule has 1 aliphatic rings. The molecule has 0 amide bonds. The Kier molecular flexibility index (Phi) is 3.24. The number of hydrogen-bond acceptors (Lipinski definition) is 1. The summed E-state index contributed by atoms with van der Waals surface area (Å²) in [6, 6.07) is 7.02. The zero-order valence-corrected chi connectivity index (χ0v) is 8.95. The molecule has 1 aromatic rings. The van der Waals surface area contributed by atoms with Crippen LogP contribution in [0.2, 0.25) is 0 Å². The molecule has 0 aliphatic carbocycles. The Balaban J connectivity index is 2.04. The molecule has 1 radical (unpaired) electrons. The highest BCUT2D eigenvalue weighted by atomic mass is 19.1. The molecule has 1 heterocycles. The number of para-hydroxylation sites is 1. The Hall–Kier alpha value is -1.05. The molecular weight excluding hydrogens is 189 g/mol. The number of nitrogens with zero attached hydrogens (tertiary/aromatic N) is 1. The van der Waals surface area contributed by atoms with Gasteiger partial charge < -0.3 is 4.90 Å². The van der Waals surface area contributed by atoms with Gasteiger partial charge >= 0.3 is 0 Å². The first-order valence-electron chi connectivity index (χ1n) is 5.60. The van der Waals surface area contributed by atoms with Gasteiger partial charge in [0.15, 0.2) is 0 Å². The predicted molar refractivity (Wildman–Crippen MR) is 61.3 cm³/mol. The molecule has 1 aromatic carbocycles. The molecule has 1 aliphatic heterocycles. The van der Waals surface area contributed by atoms with E-state index in [1.54, 1.807) is 6.07 Å². The Morgan fingerprint density at radius 2 is 1.93 bits per heavy atom. The quantitative estimate of drug-likeness (QED) is 0.718. The maximum absolute atomic E-state index is 13.5. The Labute approximate surface area is 90.9 Å². The topological polar surface area (TPSA) is 3.24 Å². The van der Waals surface area contributed by atoms with Crippen molar-refractivity contribution in [3.05, 3.63) is 37.0 Å². The molecule has 1 fully saturated rings. The molecule has 0 N–H and O–H groups in total. The third-order valence-corrected chi connectivity index (χ3v) is 3.22. The summed E-state index contributed by atoms with van der Waals surface area (Å²) in [6.45, 7) is 5.85. The standard InChI is InChI=1S/C13H17FN/c1-2-11-7-9-15(10-8-11)13-6-4-3-5-12(13)14/h3-6,11H,1-2,7-10H2. The molecule has 81 valence electrons. The highest BCUT2D eigenvalue weighted by molar-refractivity contribution is 5.47. The van der Waals surface area contributed by atoms with E-state index >= 15 is 0 Å². The first-order chi connectivity index (χ1) is 7.31. The number of benzene rings is 1. The van der Waals surface area contributed by atoms with Crippen LogP contribution in [0, 0.1) is 18.7 Å². The summed E-state index contributed by atoms with van der Waals surface area (Å²) in [5.41, 5.74) is 0.750. The summed E-state index contributed by atoms with van der Waals surface area (Å²) < 4.78 is 13.5. The fourth-order valence-corrected chi connectivity index (χ4v) is 2.17. The molecule has 0 atom stereocenters. The maximum Gasteiger partial charge on any atom is 0.146 e. The number of hydrogen-bond donors (Lipinski definition) is 0. The molecule has 1 nitrogen and oxygen atoms in total. The second-order valence-electron chi connectivity index (χ2n) is 4.17. The molecule has 0 bridgehead atoms. The average molecular weight is 206 g/mol. The fraction of sp³-hybridized carbons (Fsp3) is 0.462. The van der Waals surface area contributed by atoms with Crippen LogP contribution in [-0.2, 0) is 0 Å². The summed E-state index contributed by atoms with van der Waals surface area (Å²) in [5.74, 6) is 0.624. The lowest BCUT2D eigenvalue weighted by Gasteiger charge is -2.33. The van der Waals surface area contributed by atoms with Crippen molar-refractivity contribution >= 4 is 5.69 Å². The van der Waals surface area contributed by atoms with E-state index in [0.29, 0.717) is 0 Å².